The van der Waals surface area contributed by atoms with Crippen molar-refractivity contribution in [1.82, 2.24) is 24.9 Å². The van der Waals surface area contributed by atoms with Crippen LogP contribution in [0.4, 0.5) is 11.5 Å². The quantitative estimate of drug-likeness (QED) is 0.563. The van der Waals surface area contributed by atoms with Gasteiger partial charge in [0.15, 0.2) is 0 Å². The molecule has 1 aromatic carbocycles. The second-order valence-corrected chi connectivity index (χ2v) is 9.36. The van der Waals surface area contributed by atoms with Crippen molar-refractivity contribution in [3.05, 3.63) is 54.0 Å². The van der Waals surface area contributed by atoms with E-state index < -0.39 is 0 Å². The average Bonchev–Trinajstić information content (AvgIpc) is 3.55. The van der Waals surface area contributed by atoms with Gasteiger partial charge in [-0.2, -0.15) is 4.98 Å². The predicted octanol–water partition coefficient (Wildman–Crippen LogP) is 3.10. The maximum atomic E-state index is 11.6. The first kappa shape index (κ1) is 23.9. The number of anilines is 2. The van der Waals surface area contributed by atoms with Crippen LogP contribution in [0.1, 0.15) is 44.2 Å². The summed E-state index contributed by atoms with van der Waals surface area (Å²) in [6.07, 6.45) is 3.80. The van der Waals surface area contributed by atoms with Gasteiger partial charge in [-0.05, 0) is 49.2 Å². The molecule has 0 spiro atoms. The summed E-state index contributed by atoms with van der Waals surface area (Å²) in [7, 11) is 0. The van der Waals surface area contributed by atoms with Gasteiger partial charge in [0, 0.05) is 64.0 Å². The highest BCUT2D eigenvalue weighted by molar-refractivity contribution is 5.88. The summed E-state index contributed by atoms with van der Waals surface area (Å²) in [5.74, 6) is 2.07. The van der Waals surface area contributed by atoms with E-state index in [4.69, 9.17) is 9.51 Å². The van der Waals surface area contributed by atoms with E-state index in [2.05, 4.69) is 25.3 Å². The Hall–Kier alpha value is -3.79. The molecule has 2 fully saturated rings. The number of likely N-dealkylation sites (tertiary alicyclic amines) is 1. The molecule has 0 saturated carbocycles. The maximum Gasteiger partial charge on any atom is 0.244 e. The van der Waals surface area contributed by atoms with Gasteiger partial charge in [-0.25, -0.2) is 4.98 Å². The number of carbonyl (C=O) groups is 2. The van der Waals surface area contributed by atoms with Gasteiger partial charge in [-0.15, -0.1) is 0 Å². The van der Waals surface area contributed by atoms with Crippen LogP contribution in [0.3, 0.4) is 0 Å². The lowest BCUT2D eigenvalue weighted by molar-refractivity contribution is -0.129. The third-order valence-electron chi connectivity index (χ3n) is 6.80. The van der Waals surface area contributed by atoms with Gasteiger partial charge >= 0.3 is 0 Å². The number of amides is 2. The lowest BCUT2D eigenvalue weighted by Crippen LogP contribution is -2.48. The second-order valence-electron chi connectivity index (χ2n) is 9.36. The highest BCUT2D eigenvalue weighted by Crippen LogP contribution is 2.33. The van der Waals surface area contributed by atoms with Gasteiger partial charge in [0.05, 0.1) is 6.04 Å². The summed E-state index contributed by atoms with van der Waals surface area (Å²) >= 11 is 0. The SMILES string of the molecule is CC(=O)Nc1ccc(CN2CCCC2c2nc(-c3ccnc(N4CCN(C(C)=O)CC4)c3)no2)cc1. The van der Waals surface area contributed by atoms with Crippen LogP contribution in [0.5, 0.6) is 0 Å². The molecular weight excluding hydrogens is 458 g/mol. The number of piperazine rings is 1. The summed E-state index contributed by atoms with van der Waals surface area (Å²) in [5.41, 5.74) is 2.82. The first-order valence-electron chi connectivity index (χ1n) is 12.4. The number of rotatable bonds is 6. The van der Waals surface area contributed by atoms with Crippen molar-refractivity contribution in [1.29, 1.82) is 0 Å². The molecule has 10 nitrogen and oxygen atoms in total. The number of aromatic nitrogens is 3. The molecule has 2 saturated heterocycles. The van der Waals surface area contributed by atoms with E-state index in [1.807, 2.05) is 41.3 Å². The van der Waals surface area contributed by atoms with E-state index >= 15 is 0 Å². The zero-order chi connectivity index (χ0) is 25.1. The van der Waals surface area contributed by atoms with Gasteiger partial charge in [-0.3, -0.25) is 14.5 Å². The second kappa shape index (κ2) is 10.4. The largest absolute Gasteiger partial charge is 0.353 e. The molecule has 2 aliphatic rings. The van der Waals surface area contributed by atoms with E-state index in [9.17, 15) is 9.59 Å². The Kier molecular flexibility index (Phi) is 6.95. The molecule has 1 atom stereocenters. The van der Waals surface area contributed by atoms with E-state index in [0.717, 1.165) is 56.1 Å². The van der Waals surface area contributed by atoms with Crippen molar-refractivity contribution in [3.63, 3.8) is 0 Å². The summed E-state index contributed by atoms with van der Waals surface area (Å²) < 4.78 is 5.73. The van der Waals surface area contributed by atoms with Crippen LogP contribution in [0.25, 0.3) is 11.4 Å². The number of benzene rings is 1. The zero-order valence-electron chi connectivity index (χ0n) is 20.7. The Bertz CT molecular complexity index is 1220. The standard InChI is InChI=1S/C26H31N7O3/c1-18(34)28-22-7-5-20(6-8-22)17-33-11-3-4-23(33)26-29-25(30-36-26)21-9-10-27-24(16-21)32-14-12-31(13-15-32)19(2)35/h5-10,16,23H,3-4,11-15,17H2,1-2H3,(H,28,34). The molecule has 1 unspecified atom stereocenters. The van der Waals surface area contributed by atoms with Crippen LogP contribution in [0, 0.1) is 0 Å². The molecule has 2 aliphatic heterocycles. The van der Waals surface area contributed by atoms with Crippen molar-refractivity contribution >= 4 is 23.3 Å². The third-order valence-corrected chi connectivity index (χ3v) is 6.80. The summed E-state index contributed by atoms with van der Waals surface area (Å²) in [4.78, 5) is 38.5. The van der Waals surface area contributed by atoms with E-state index in [0.29, 0.717) is 24.8 Å². The lowest BCUT2D eigenvalue weighted by Gasteiger charge is -2.34. The predicted molar refractivity (Wildman–Crippen MR) is 135 cm³/mol. The van der Waals surface area contributed by atoms with Crippen LogP contribution in [-0.4, -0.2) is 69.5 Å². The molecular formula is C26H31N7O3. The van der Waals surface area contributed by atoms with Gasteiger partial charge < -0.3 is 19.6 Å². The Morgan fingerprint density at radius 2 is 1.83 bits per heavy atom. The third kappa shape index (κ3) is 5.38. The van der Waals surface area contributed by atoms with Crippen molar-refractivity contribution in [2.24, 2.45) is 0 Å². The molecule has 2 aromatic heterocycles. The molecule has 0 bridgehead atoms. The molecule has 1 N–H and O–H groups in total. The summed E-state index contributed by atoms with van der Waals surface area (Å²) in [5, 5.41) is 7.08. The average molecular weight is 490 g/mol. The van der Waals surface area contributed by atoms with Gasteiger partial charge in [0.25, 0.3) is 0 Å². The number of pyridine rings is 1. The van der Waals surface area contributed by atoms with E-state index in [-0.39, 0.29) is 17.9 Å². The summed E-state index contributed by atoms with van der Waals surface area (Å²) in [6, 6.07) is 11.9. The number of hydrogen-bond donors (Lipinski definition) is 1. The van der Waals surface area contributed by atoms with Gasteiger partial charge in [-0.1, -0.05) is 17.3 Å². The minimum Gasteiger partial charge on any atom is -0.353 e. The van der Waals surface area contributed by atoms with Crippen molar-refractivity contribution < 1.29 is 14.1 Å². The zero-order valence-corrected chi connectivity index (χ0v) is 20.7. The Labute approximate surface area is 210 Å². The van der Waals surface area contributed by atoms with Crippen LogP contribution >= 0.6 is 0 Å². The Morgan fingerprint density at radius 3 is 2.56 bits per heavy atom. The number of nitrogens with zero attached hydrogens (tertiary/aromatic N) is 6. The monoisotopic (exact) mass is 489 g/mol. The van der Waals surface area contributed by atoms with E-state index in [1.54, 1.807) is 13.1 Å². The molecule has 3 aromatic rings. The topological polar surface area (TPSA) is 108 Å². The molecule has 4 heterocycles. The molecule has 188 valence electrons. The van der Waals surface area contributed by atoms with Crippen LogP contribution in [0.15, 0.2) is 47.1 Å². The first-order chi connectivity index (χ1) is 17.5. The normalized spacial score (nSPS) is 18.4. The minimum absolute atomic E-state index is 0.0715. The fourth-order valence-electron chi connectivity index (χ4n) is 4.89. The Balaban J connectivity index is 1.26. The lowest BCUT2D eigenvalue weighted by atomic mass is 10.1. The fourth-order valence-corrected chi connectivity index (χ4v) is 4.89. The number of carbonyl (C=O) groups excluding carboxylic acids is 2. The van der Waals surface area contributed by atoms with Crippen LogP contribution in [0.2, 0.25) is 0 Å². The Morgan fingerprint density at radius 1 is 1.06 bits per heavy atom. The van der Waals surface area contributed by atoms with Crippen molar-refractivity contribution in [3.8, 4) is 11.4 Å². The minimum atomic E-state index is -0.0774. The first-order valence-corrected chi connectivity index (χ1v) is 12.4. The maximum absolute atomic E-state index is 11.6. The smallest absolute Gasteiger partial charge is 0.244 e. The van der Waals surface area contributed by atoms with Gasteiger partial charge in [0.2, 0.25) is 23.5 Å². The number of hydrogen-bond acceptors (Lipinski definition) is 8. The molecule has 0 aliphatic carbocycles. The van der Waals surface area contributed by atoms with Crippen molar-refractivity contribution in [2.45, 2.75) is 39.3 Å². The highest BCUT2D eigenvalue weighted by Gasteiger charge is 2.31. The van der Waals surface area contributed by atoms with Crippen LogP contribution in [-0.2, 0) is 16.1 Å². The highest BCUT2D eigenvalue weighted by atomic mass is 16.5. The number of nitrogens with one attached hydrogen (secondary N) is 1. The van der Waals surface area contributed by atoms with Crippen LogP contribution < -0.4 is 10.2 Å². The molecule has 10 heteroatoms. The molecule has 2 amide bonds. The molecule has 36 heavy (non-hydrogen) atoms. The van der Waals surface area contributed by atoms with E-state index in [1.165, 1.54) is 12.5 Å². The summed E-state index contributed by atoms with van der Waals surface area (Å²) in [6.45, 7) is 7.73. The fraction of sp³-hybridized carbons (Fsp3) is 0.423. The molecule has 0 radical (unpaired) electrons. The van der Waals surface area contributed by atoms with Crippen molar-refractivity contribution in [2.75, 3.05) is 42.9 Å². The van der Waals surface area contributed by atoms with Gasteiger partial charge in [0.1, 0.15) is 5.82 Å². The molecule has 5 rings (SSSR count).